The normalized spacial score (nSPS) is 15.6. The number of nitrogens with zero attached hydrogens (tertiary/aromatic N) is 1. The maximum Gasteiger partial charge on any atom is 0.123 e. The minimum Gasteiger partial charge on any atom is -0.207 e. The highest BCUT2D eigenvalue weighted by atomic mass is 32.2. The van der Waals surface area contributed by atoms with Crippen molar-refractivity contribution >= 4 is 29.1 Å². The van der Waals surface area contributed by atoms with Crippen molar-refractivity contribution in [2.24, 2.45) is 0 Å². The molecule has 0 N–H and O–H groups in total. The average molecular weight is 251 g/mol. The summed E-state index contributed by atoms with van der Waals surface area (Å²) in [4.78, 5) is 0. The van der Waals surface area contributed by atoms with Crippen LogP contribution in [0, 0.1) is 17.1 Å². The predicted octanol–water partition coefficient (Wildman–Crippen LogP) is 3.89. The number of nitriles is 1. The van der Waals surface area contributed by atoms with Crippen LogP contribution in [0.1, 0.15) is 12.0 Å². The van der Waals surface area contributed by atoms with Crippen LogP contribution >= 0.6 is 23.5 Å². The van der Waals surface area contributed by atoms with Gasteiger partial charge in [-0.3, -0.25) is 0 Å². The average Bonchev–Trinajstić information content (AvgIpc) is 2.34. The van der Waals surface area contributed by atoms with Crippen LogP contribution in [-0.2, 0) is 0 Å². The zero-order valence-corrected chi connectivity index (χ0v) is 10.2. The lowest BCUT2D eigenvalue weighted by Crippen LogP contribution is -1.95. The minimum atomic E-state index is -0.269. The van der Waals surface area contributed by atoms with Crippen molar-refractivity contribution in [2.45, 2.75) is 6.42 Å². The first-order valence-electron chi connectivity index (χ1n) is 4.97. The molecule has 82 valence electrons. The summed E-state index contributed by atoms with van der Waals surface area (Å²) in [5.41, 5.74) is 1.48. The van der Waals surface area contributed by atoms with Gasteiger partial charge in [0.2, 0.25) is 0 Å². The molecule has 1 fully saturated rings. The molecule has 1 aliphatic rings. The topological polar surface area (TPSA) is 23.8 Å². The minimum absolute atomic E-state index is 0.269. The molecule has 0 atom stereocenters. The van der Waals surface area contributed by atoms with Crippen molar-refractivity contribution in [1.82, 2.24) is 0 Å². The summed E-state index contributed by atoms with van der Waals surface area (Å²) in [7, 11) is 0. The fourth-order valence-electron chi connectivity index (χ4n) is 1.42. The Labute approximate surface area is 103 Å². The van der Waals surface area contributed by atoms with Crippen LogP contribution < -0.4 is 0 Å². The summed E-state index contributed by atoms with van der Waals surface area (Å²) in [5, 5.41) is 9.17. The van der Waals surface area contributed by atoms with Crippen molar-refractivity contribution in [2.75, 3.05) is 11.5 Å². The van der Waals surface area contributed by atoms with Gasteiger partial charge in [-0.2, -0.15) is 5.26 Å². The van der Waals surface area contributed by atoms with Gasteiger partial charge >= 0.3 is 0 Å². The molecule has 1 nitrogen and oxygen atoms in total. The van der Waals surface area contributed by atoms with Crippen LogP contribution in [0.15, 0.2) is 28.5 Å². The van der Waals surface area contributed by atoms with Gasteiger partial charge in [0, 0.05) is 0 Å². The molecule has 1 saturated heterocycles. The van der Waals surface area contributed by atoms with E-state index in [1.54, 1.807) is 35.7 Å². The van der Waals surface area contributed by atoms with Gasteiger partial charge in [0.1, 0.15) is 11.9 Å². The lowest BCUT2D eigenvalue weighted by atomic mass is 10.1. The number of hydrogen-bond donors (Lipinski definition) is 0. The zero-order chi connectivity index (χ0) is 11.4. The monoisotopic (exact) mass is 251 g/mol. The summed E-state index contributed by atoms with van der Waals surface area (Å²) < 4.78 is 13.9. The van der Waals surface area contributed by atoms with E-state index in [9.17, 15) is 9.65 Å². The van der Waals surface area contributed by atoms with E-state index in [4.69, 9.17) is 0 Å². The van der Waals surface area contributed by atoms with Gasteiger partial charge in [-0.05, 0) is 35.6 Å². The highest BCUT2D eigenvalue weighted by Gasteiger charge is 2.14. The molecule has 0 unspecified atom stereocenters. The standard InChI is InChI=1S/C12H10FNS2/c13-10-4-2-9(3-5-10)11(8-14)12-15-6-1-7-16-12/h2-5H,1,6-7H2. The SMILES string of the molecule is N#CC(=C1SCCCS1)c1ccc(F)cc1. The van der Waals surface area contributed by atoms with Crippen molar-refractivity contribution in [3.63, 3.8) is 0 Å². The number of thioether (sulfide) groups is 2. The molecule has 0 amide bonds. The number of allylic oxidation sites excluding steroid dienone is 1. The van der Waals surface area contributed by atoms with Crippen molar-refractivity contribution in [1.29, 1.82) is 5.26 Å². The van der Waals surface area contributed by atoms with Crippen LogP contribution in [-0.4, -0.2) is 11.5 Å². The van der Waals surface area contributed by atoms with E-state index in [0.717, 1.165) is 21.3 Å². The maximum atomic E-state index is 12.8. The lowest BCUT2D eigenvalue weighted by Gasteiger charge is -2.14. The third-order valence-corrected chi connectivity index (χ3v) is 4.83. The molecular weight excluding hydrogens is 241 g/mol. The van der Waals surface area contributed by atoms with Gasteiger partial charge in [0.05, 0.1) is 9.81 Å². The van der Waals surface area contributed by atoms with Crippen molar-refractivity contribution < 1.29 is 4.39 Å². The van der Waals surface area contributed by atoms with Gasteiger partial charge in [-0.1, -0.05) is 12.1 Å². The highest BCUT2D eigenvalue weighted by molar-refractivity contribution is 8.23. The van der Waals surface area contributed by atoms with Gasteiger partial charge < -0.3 is 0 Å². The second-order valence-corrected chi connectivity index (χ2v) is 5.80. The van der Waals surface area contributed by atoms with Gasteiger partial charge in [-0.25, -0.2) is 4.39 Å². The molecular formula is C12H10FNS2. The Bertz CT molecular complexity index is 437. The van der Waals surface area contributed by atoms with E-state index < -0.39 is 0 Å². The number of halogens is 1. The first kappa shape index (κ1) is 11.6. The summed E-state index contributed by atoms with van der Waals surface area (Å²) in [5.74, 6) is 1.86. The molecule has 1 aromatic rings. The van der Waals surface area contributed by atoms with Crippen LogP contribution in [0.4, 0.5) is 4.39 Å². The van der Waals surface area contributed by atoms with Gasteiger partial charge in [0.15, 0.2) is 0 Å². The van der Waals surface area contributed by atoms with E-state index in [0.29, 0.717) is 5.57 Å². The largest absolute Gasteiger partial charge is 0.207 e. The third-order valence-electron chi connectivity index (χ3n) is 2.20. The second-order valence-electron chi connectivity index (χ2n) is 3.33. The molecule has 1 heterocycles. The Morgan fingerprint density at radius 3 is 2.38 bits per heavy atom. The first-order valence-corrected chi connectivity index (χ1v) is 6.94. The van der Waals surface area contributed by atoms with E-state index in [-0.39, 0.29) is 5.82 Å². The van der Waals surface area contributed by atoms with E-state index in [2.05, 4.69) is 6.07 Å². The Hall–Kier alpha value is -0.920. The molecule has 0 bridgehead atoms. The molecule has 2 rings (SSSR count). The molecule has 0 saturated carbocycles. The molecule has 16 heavy (non-hydrogen) atoms. The van der Waals surface area contributed by atoms with Crippen LogP contribution in [0.2, 0.25) is 0 Å². The Balaban J connectivity index is 2.35. The summed E-state index contributed by atoms with van der Waals surface area (Å²) in [6.07, 6.45) is 1.18. The molecule has 0 aromatic heterocycles. The molecule has 1 aliphatic heterocycles. The Morgan fingerprint density at radius 1 is 1.19 bits per heavy atom. The second kappa shape index (κ2) is 5.42. The Morgan fingerprint density at radius 2 is 1.81 bits per heavy atom. The van der Waals surface area contributed by atoms with Crippen LogP contribution in [0.3, 0.4) is 0 Å². The molecule has 0 spiro atoms. The van der Waals surface area contributed by atoms with E-state index in [1.165, 1.54) is 18.6 Å². The van der Waals surface area contributed by atoms with Crippen LogP contribution in [0.25, 0.3) is 5.57 Å². The molecule has 4 heteroatoms. The maximum absolute atomic E-state index is 12.8. The highest BCUT2D eigenvalue weighted by Crippen LogP contribution is 2.39. The van der Waals surface area contributed by atoms with E-state index >= 15 is 0 Å². The van der Waals surface area contributed by atoms with E-state index in [1.807, 2.05) is 0 Å². The third kappa shape index (κ3) is 2.60. The van der Waals surface area contributed by atoms with Crippen molar-refractivity contribution in [3.05, 3.63) is 39.9 Å². The lowest BCUT2D eigenvalue weighted by molar-refractivity contribution is 0.627. The zero-order valence-electron chi connectivity index (χ0n) is 8.57. The summed E-state index contributed by atoms with van der Waals surface area (Å²) in [6.45, 7) is 0. The fourth-order valence-corrected chi connectivity index (χ4v) is 4.00. The summed E-state index contributed by atoms with van der Waals surface area (Å²) >= 11 is 3.44. The van der Waals surface area contributed by atoms with Crippen molar-refractivity contribution in [3.8, 4) is 6.07 Å². The fraction of sp³-hybridized carbons (Fsp3) is 0.250. The smallest absolute Gasteiger partial charge is 0.123 e. The summed E-state index contributed by atoms with van der Waals surface area (Å²) in [6, 6.07) is 8.34. The van der Waals surface area contributed by atoms with Crippen LogP contribution in [0.5, 0.6) is 0 Å². The quantitative estimate of drug-likeness (QED) is 0.708. The number of benzene rings is 1. The number of rotatable bonds is 1. The van der Waals surface area contributed by atoms with Gasteiger partial charge in [0.25, 0.3) is 0 Å². The molecule has 0 radical (unpaired) electrons. The molecule has 0 aliphatic carbocycles. The number of hydrogen-bond acceptors (Lipinski definition) is 3. The molecule has 1 aromatic carbocycles. The predicted molar refractivity (Wildman–Crippen MR) is 68.5 cm³/mol. The first-order chi connectivity index (χ1) is 7.81. The van der Waals surface area contributed by atoms with Gasteiger partial charge in [-0.15, -0.1) is 23.5 Å². The Kier molecular flexibility index (Phi) is 3.92.